The molecule has 0 aromatic heterocycles. The van der Waals surface area contributed by atoms with Crippen LogP contribution in [0.4, 0.5) is 5.69 Å². The second kappa shape index (κ2) is 8.74. The highest BCUT2D eigenvalue weighted by Crippen LogP contribution is 2.24. The number of nitrogens with one attached hydrogen (secondary N) is 2. The molecule has 0 bridgehead atoms. The average Bonchev–Trinajstić information content (AvgIpc) is 3.44. The first-order valence-electron chi connectivity index (χ1n) is 8.92. The first-order valence-corrected chi connectivity index (χ1v) is 9.67. The zero-order valence-corrected chi connectivity index (χ0v) is 16.5. The molecule has 0 radical (unpaired) electrons. The van der Waals surface area contributed by atoms with Gasteiger partial charge in [0.1, 0.15) is 6.04 Å². The van der Waals surface area contributed by atoms with Crippen molar-refractivity contribution in [2.24, 2.45) is 0 Å². The number of quaternary nitrogens is 1. The highest BCUT2D eigenvalue weighted by atomic mass is 35.5. The van der Waals surface area contributed by atoms with Gasteiger partial charge in [0.05, 0.1) is 16.3 Å². The topological polar surface area (TPSA) is 74.8 Å². The Bertz CT molecular complexity index is 853. The third kappa shape index (κ3) is 5.45. The minimum Gasteiger partial charge on any atom is -0.349 e. The van der Waals surface area contributed by atoms with Crippen LogP contribution in [0, 0.1) is 0 Å². The Morgan fingerprint density at radius 1 is 1.19 bits per heavy atom. The van der Waals surface area contributed by atoms with Gasteiger partial charge >= 0.3 is 0 Å². The Morgan fingerprint density at radius 3 is 2.63 bits per heavy atom. The van der Waals surface area contributed by atoms with E-state index in [4.69, 9.17) is 23.2 Å². The van der Waals surface area contributed by atoms with Crippen molar-refractivity contribution in [2.45, 2.75) is 31.8 Å². The molecule has 1 fully saturated rings. The number of carbonyl (C=O) groups excluding carboxylic acids is 2. The van der Waals surface area contributed by atoms with Crippen LogP contribution in [-0.4, -0.2) is 24.4 Å². The third-order valence-electron chi connectivity index (χ3n) is 4.47. The van der Waals surface area contributed by atoms with Crippen molar-refractivity contribution in [3.8, 4) is 0 Å². The number of para-hydroxylation sites is 1. The molecule has 27 heavy (non-hydrogen) atoms. The van der Waals surface area contributed by atoms with E-state index < -0.39 is 0 Å². The zero-order valence-electron chi connectivity index (χ0n) is 15.0. The lowest BCUT2D eigenvalue weighted by Crippen LogP contribution is -2.86. The number of anilines is 1. The van der Waals surface area contributed by atoms with Gasteiger partial charge in [0.25, 0.3) is 11.8 Å². The minimum absolute atomic E-state index is 0.00562. The average molecular weight is 407 g/mol. The van der Waals surface area contributed by atoms with Gasteiger partial charge in [-0.15, -0.1) is 0 Å². The van der Waals surface area contributed by atoms with E-state index in [1.807, 2.05) is 18.3 Å². The zero-order chi connectivity index (χ0) is 19.4. The Labute approximate surface area is 168 Å². The van der Waals surface area contributed by atoms with Crippen molar-refractivity contribution in [3.63, 3.8) is 0 Å². The first kappa shape index (κ1) is 19.7. The molecule has 1 atom stereocenters. The molecule has 2 amide bonds. The summed E-state index contributed by atoms with van der Waals surface area (Å²) in [7, 11) is 0. The monoisotopic (exact) mass is 406 g/mol. The molecule has 1 aliphatic rings. The van der Waals surface area contributed by atoms with Gasteiger partial charge in [-0.05, 0) is 44.0 Å². The van der Waals surface area contributed by atoms with E-state index in [0.29, 0.717) is 21.3 Å². The van der Waals surface area contributed by atoms with Crippen LogP contribution in [0.15, 0.2) is 42.5 Å². The number of amides is 2. The standard InChI is InChI=1S/C20H21Cl2N3O2/c1-12(15-9-6-13(21)10-17(15)22)23-11-19(26)25-18-5-3-2-4-16(18)20(27)24-14-7-8-14/h2-6,9-10,12,14,23H,7-8,11H2,1H3,(H,24,27)(H,25,26)/p+1/t12-/m0/s1. The van der Waals surface area contributed by atoms with Crippen LogP contribution in [0.25, 0.3) is 0 Å². The fraction of sp³-hybridized carbons (Fsp3) is 0.300. The molecule has 2 aromatic carbocycles. The van der Waals surface area contributed by atoms with Crippen molar-refractivity contribution in [1.29, 1.82) is 0 Å². The summed E-state index contributed by atoms with van der Waals surface area (Å²) < 4.78 is 0. The van der Waals surface area contributed by atoms with Crippen molar-refractivity contribution in [3.05, 3.63) is 63.6 Å². The number of hydrogen-bond acceptors (Lipinski definition) is 2. The maximum Gasteiger partial charge on any atom is 0.279 e. The Balaban J connectivity index is 1.58. The molecular formula is C20H22Cl2N3O2+. The van der Waals surface area contributed by atoms with Gasteiger partial charge < -0.3 is 16.0 Å². The Kier molecular flexibility index (Phi) is 6.37. The number of nitrogens with two attached hydrogens (primary N) is 1. The van der Waals surface area contributed by atoms with Crippen molar-refractivity contribution < 1.29 is 14.9 Å². The van der Waals surface area contributed by atoms with E-state index in [2.05, 4.69) is 10.6 Å². The van der Waals surface area contributed by atoms with Gasteiger partial charge in [0.15, 0.2) is 6.54 Å². The van der Waals surface area contributed by atoms with Crippen LogP contribution in [0.2, 0.25) is 10.0 Å². The lowest BCUT2D eigenvalue weighted by atomic mass is 10.1. The number of carbonyl (C=O) groups is 2. The third-order valence-corrected chi connectivity index (χ3v) is 5.03. The summed E-state index contributed by atoms with van der Waals surface area (Å²) >= 11 is 12.1. The van der Waals surface area contributed by atoms with Crippen LogP contribution in [0.1, 0.15) is 41.7 Å². The van der Waals surface area contributed by atoms with Gasteiger partial charge in [-0.1, -0.05) is 41.4 Å². The molecule has 3 rings (SSSR count). The van der Waals surface area contributed by atoms with E-state index in [1.165, 1.54) is 0 Å². The number of benzene rings is 2. The lowest BCUT2D eigenvalue weighted by Gasteiger charge is -2.14. The van der Waals surface area contributed by atoms with E-state index >= 15 is 0 Å². The number of hydrogen-bond donors (Lipinski definition) is 3. The molecule has 0 unspecified atom stereocenters. The molecule has 1 aliphatic carbocycles. The van der Waals surface area contributed by atoms with Gasteiger partial charge in [-0.25, -0.2) is 0 Å². The predicted octanol–water partition coefficient (Wildman–Crippen LogP) is 3.15. The number of rotatable bonds is 7. The molecule has 0 spiro atoms. The first-order chi connectivity index (χ1) is 12.9. The van der Waals surface area contributed by atoms with Crippen LogP contribution < -0.4 is 16.0 Å². The quantitative estimate of drug-likeness (QED) is 0.660. The van der Waals surface area contributed by atoms with Crippen molar-refractivity contribution >= 4 is 40.7 Å². The van der Waals surface area contributed by atoms with Gasteiger partial charge in [-0.3, -0.25) is 9.59 Å². The summed E-state index contributed by atoms with van der Waals surface area (Å²) in [5.74, 6) is -0.336. The smallest absolute Gasteiger partial charge is 0.279 e. The summed E-state index contributed by atoms with van der Waals surface area (Å²) in [5, 5.41) is 8.82. The predicted molar refractivity (Wildman–Crippen MR) is 107 cm³/mol. The molecule has 2 aromatic rings. The molecule has 5 nitrogen and oxygen atoms in total. The van der Waals surface area contributed by atoms with E-state index in [-0.39, 0.29) is 30.4 Å². The molecule has 4 N–H and O–H groups in total. The van der Waals surface area contributed by atoms with Crippen LogP contribution in [0.5, 0.6) is 0 Å². The summed E-state index contributed by atoms with van der Waals surface area (Å²) in [6.07, 6.45) is 2.03. The summed E-state index contributed by atoms with van der Waals surface area (Å²) in [6.45, 7) is 2.18. The highest BCUT2D eigenvalue weighted by molar-refractivity contribution is 6.35. The normalized spacial score (nSPS) is 14.5. The van der Waals surface area contributed by atoms with Crippen LogP contribution in [0.3, 0.4) is 0 Å². The molecular weight excluding hydrogens is 385 g/mol. The van der Waals surface area contributed by atoms with E-state index in [0.717, 1.165) is 18.4 Å². The van der Waals surface area contributed by atoms with Gasteiger partial charge in [0, 0.05) is 16.6 Å². The van der Waals surface area contributed by atoms with Crippen molar-refractivity contribution in [2.75, 3.05) is 11.9 Å². The minimum atomic E-state index is -0.182. The largest absolute Gasteiger partial charge is 0.349 e. The van der Waals surface area contributed by atoms with Gasteiger partial charge in [-0.2, -0.15) is 0 Å². The van der Waals surface area contributed by atoms with E-state index in [9.17, 15) is 9.59 Å². The van der Waals surface area contributed by atoms with E-state index in [1.54, 1.807) is 36.4 Å². The van der Waals surface area contributed by atoms with Crippen LogP contribution in [-0.2, 0) is 4.79 Å². The highest BCUT2D eigenvalue weighted by Gasteiger charge is 2.25. The molecule has 0 aliphatic heterocycles. The molecule has 1 saturated carbocycles. The SMILES string of the molecule is C[C@H]([NH2+]CC(=O)Nc1ccccc1C(=O)NC1CC1)c1ccc(Cl)cc1Cl. The second-order valence-electron chi connectivity index (χ2n) is 6.74. The van der Waals surface area contributed by atoms with Gasteiger partial charge in [0.2, 0.25) is 0 Å². The molecule has 0 heterocycles. The summed E-state index contributed by atoms with van der Waals surface area (Å²) in [6, 6.07) is 12.6. The van der Waals surface area contributed by atoms with Crippen LogP contribution >= 0.6 is 23.2 Å². The fourth-order valence-corrected chi connectivity index (χ4v) is 3.34. The van der Waals surface area contributed by atoms with Crippen molar-refractivity contribution in [1.82, 2.24) is 5.32 Å². The molecule has 142 valence electrons. The molecule has 7 heteroatoms. The Hall–Kier alpha value is -2.08. The summed E-state index contributed by atoms with van der Waals surface area (Å²) in [5.41, 5.74) is 1.91. The lowest BCUT2D eigenvalue weighted by molar-refractivity contribution is -0.682. The molecule has 0 saturated heterocycles. The number of halogens is 2. The maximum absolute atomic E-state index is 12.4. The second-order valence-corrected chi connectivity index (χ2v) is 7.58. The Morgan fingerprint density at radius 2 is 1.93 bits per heavy atom. The fourth-order valence-electron chi connectivity index (χ4n) is 2.76. The summed E-state index contributed by atoms with van der Waals surface area (Å²) in [4.78, 5) is 24.7. The maximum atomic E-state index is 12.4.